The molecule has 0 aromatic carbocycles. The summed E-state index contributed by atoms with van der Waals surface area (Å²) in [5.41, 5.74) is -0.527. The van der Waals surface area contributed by atoms with Gasteiger partial charge in [0, 0.05) is 24.7 Å². The third kappa shape index (κ3) is 4.96. The summed E-state index contributed by atoms with van der Waals surface area (Å²) >= 11 is 0. The van der Waals surface area contributed by atoms with Crippen LogP contribution in [0.1, 0.15) is 72.1 Å². The van der Waals surface area contributed by atoms with E-state index in [4.69, 9.17) is 0 Å². The van der Waals surface area contributed by atoms with E-state index in [1.807, 2.05) is 0 Å². The molecular weight excluding hydrogens is 264 g/mol. The van der Waals surface area contributed by atoms with Crippen molar-refractivity contribution in [1.82, 2.24) is 10.2 Å². The molecule has 1 aliphatic carbocycles. The third-order valence-electron chi connectivity index (χ3n) is 5.08. The molecule has 1 saturated carbocycles. The first-order valence-electron chi connectivity index (χ1n) is 8.55. The van der Waals surface area contributed by atoms with Gasteiger partial charge in [0.25, 0.3) is 0 Å². The molecule has 4 nitrogen and oxygen atoms in total. The van der Waals surface area contributed by atoms with Crippen molar-refractivity contribution < 1.29 is 9.90 Å². The molecule has 1 saturated heterocycles. The smallest absolute Gasteiger partial charge is 0.223 e. The number of amides is 1. The Morgan fingerprint density at radius 3 is 2.29 bits per heavy atom. The van der Waals surface area contributed by atoms with Crippen molar-refractivity contribution in [3.63, 3.8) is 0 Å². The van der Waals surface area contributed by atoms with E-state index in [1.165, 1.54) is 6.42 Å². The Labute approximate surface area is 129 Å². The minimum Gasteiger partial charge on any atom is -0.389 e. The standard InChI is InChI=1S/C17H32N2O2/c1-16(2,3)19-11-7-14(8-12-19)18-15(20)13-17(21)9-5-4-6-10-17/h14,21H,4-13H2,1-3H3,(H,18,20). The monoisotopic (exact) mass is 296 g/mol. The molecule has 0 atom stereocenters. The first-order chi connectivity index (χ1) is 9.78. The lowest BCUT2D eigenvalue weighted by molar-refractivity contribution is -0.128. The highest BCUT2D eigenvalue weighted by molar-refractivity contribution is 5.77. The SMILES string of the molecule is CC(C)(C)N1CCC(NC(=O)CC2(O)CCCCC2)CC1. The highest BCUT2D eigenvalue weighted by Crippen LogP contribution is 2.31. The Morgan fingerprint density at radius 1 is 1.19 bits per heavy atom. The van der Waals surface area contributed by atoms with Crippen LogP contribution in [-0.4, -0.2) is 46.2 Å². The number of aliphatic hydroxyl groups is 1. The van der Waals surface area contributed by atoms with E-state index < -0.39 is 5.60 Å². The fourth-order valence-corrected chi connectivity index (χ4v) is 3.66. The van der Waals surface area contributed by atoms with Crippen LogP contribution in [0.4, 0.5) is 0 Å². The second-order valence-corrected chi connectivity index (χ2v) is 7.96. The topological polar surface area (TPSA) is 52.6 Å². The van der Waals surface area contributed by atoms with Crippen LogP contribution in [0.25, 0.3) is 0 Å². The largest absolute Gasteiger partial charge is 0.389 e. The molecule has 0 unspecified atom stereocenters. The van der Waals surface area contributed by atoms with Crippen LogP contribution in [0.3, 0.4) is 0 Å². The molecule has 0 radical (unpaired) electrons. The van der Waals surface area contributed by atoms with Crippen LogP contribution < -0.4 is 5.32 Å². The first kappa shape index (κ1) is 16.8. The van der Waals surface area contributed by atoms with Crippen LogP contribution >= 0.6 is 0 Å². The van der Waals surface area contributed by atoms with E-state index in [0.717, 1.165) is 51.6 Å². The zero-order chi connectivity index (χ0) is 15.5. The maximum absolute atomic E-state index is 12.2. The number of piperidine rings is 1. The molecular formula is C17H32N2O2. The summed E-state index contributed by atoms with van der Waals surface area (Å²) in [6.45, 7) is 8.80. The average Bonchev–Trinajstić information content (AvgIpc) is 2.38. The summed E-state index contributed by atoms with van der Waals surface area (Å²) in [5.74, 6) is 0.0357. The number of carbonyl (C=O) groups excluding carboxylic acids is 1. The molecule has 2 N–H and O–H groups in total. The predicted octanol–water partition coefficient (Wildman–Crippen LogP) is 2.45. The van der Waals surface area contributed by atoms with E-state index in [0.29, 0.717) is 0 Å². The van der Waals surface area contributed by atoms with Crippen molar-refractivity contribution in [3.05, 3.63) is 0 Å². The summed E-state index contributed by atoms with van der Waals surface area (Å²) in [5, 5.41) is 13.6. The van der Waals surface area contributed by atoms with E-state index in [2.05, 4.69) is 31.0 Å². The lowest BCUT2D eigenvalue weighted by Gasteiger charge is -2.41. The van der Waals surface area contributed by atoms with E-state index in [9.17, 15) is 9.90 Å². The fraction of sp³-hybridized carbons (Fsp3) is 0.941. The summed E-state index contributed by atoms with van der Waals surface area (Å²) < 4.78 is 0. The van der Waals surface area contributed by atoms with Crippen LogP contribution in [0.2, 0.25) is 0 Å². The second-order valence-electron chi connectivity index (χ2n) is 7.96. The van der Waals surface area contributed by atoms with Crippen LogP contribution in [0, 0.1) is 0 Å². The van der Waals surface area contributed by atoms with Crippen molar-refractivity contribution in [3.8, 4) is 0 Å². The number of hydrogen-bond donors (Lipinski definition) is 2. The van der Waals surface area contributed by atoms with Crippen LogP contribution in [0.15, 0.2) is 0 Å². The summed E-state index contributed by atoms with van der Waals surface area (Å²) in [6.07, 6.45) is 7.16. The number of carbonyl (C=O) groups is 1. The van der Waals surface area contributed by atoms with Gasteiger partial charge in [0.2, 0.25) is 5.91 Å². The number of nitrogens with one attached hydrogen (secondary N) is 1. The molecule has 0 bridgehead atoms. The normalized spacial score (nSPS) is 24.8. The zero-order valence-corrected chi connectivity index (χ0v) is 14.0. The Bertz CT molecular complexity index is 348. The highest BCUT2D eigenvalue weighted by atomic mass is 16.3. The molecule has 1 amide bonds. The van der Waals surface area contributed by atoms with Crippen molar-refractivity contribution in [1.29, 1.82) is 0 Å². The van der Waals surface area contributed by atoms with Crippen molar-refractivity contribution in [2.45, 2.75) is 89.3 Å². The van der Waals surface area contributed by atoms with E-state index in [1.54, 1.807) is 0 Å². The predicted molar refractivity (Wildman–Crippen MR) is 85.1 cm³/mol. The minimum absolute atomic E-state index is 0.0357. The van der Waals surface area contributed by atoms with E-state index in [-0.39, 0.29) is 23.9 Å². The van der Waals surface area contributed by atoms with Crippen molar-refractivity contribution in [2.75, 3.05) is 13.1 Å². The van der Waals surface area contributed by atoms with Crippen molar-refractivity contribution >= 4 is 5.91 Å². The number of rotatable bonds is 3. The Kier molecular flexibility index (Phi) is 5.31. The molecule has 122 valence electrons. The van der Waals surface area contributed by atoms with Gasteiger partial charge in [-0.25, -0.2) is 0 Å². The first-order valence-corrected chi connectivity index (χ1v) is 8.55. The molecule has 0 aromatic rings. The number of likely N-dealkylation sites (tertiary alicyclic amines) is 1. The summed E-state index contributed by atoms with van der Waals surface area (Å²) in [4.78, 5) is 14.7. The molecule has 1 heterocycles. The van der Waals surface area contributed by atoms with Gasteiger partial charge in [0.1, 0.15) is 0 Å². The lowest BCUT2D eigenvalue weighted by atomic mass is 9.82. The summed E-state index contributed by atoms with van der Waals surface area (Å²) in [7, 11) is 0. The van der Waals surface area contributed by atoms with Gasteiger partial charge in [-0.2, -0.15) is 0 Å². The Balaban J connectivity index is 1.74. The summed E-state index contributed by atoms with van der Waals surface area (Å²) in [6, 6.07) is 0.281. The Morgan fingerprint density at radius 2 is 1.76 bits per heavy atom. The molecule has 4 heteroatoms. The van der Waals surface area contributed by atoms with Gasteiger partial charge in [0.15, 0.2) is 0 Å². The second kappa shape index (κ2) is 6.66. The Hall–Kier alpha value is -0.610. The average molecular weight is 296 g/mol. The van der Waals surface area contributed by atoms with Crippen LogP contribution in [0.5, 0.6) is 0 Å². The molecule has 2 aliphatic rings. The van der Waals surface area contributed by atoms with Gasteiger partial charge < -0.3 is 10.4 Å². The molecule has 1 aliphatic heterocycles. The molecule has 0 aromatic heterocycles. The van der Waals surface area contributed by atoms with E-state index >= 15 is 0 Å². The quantitative estimate of drug-likeness (QED) is 0.841. The minimum atomic E-state index is -0.742. The molecule has 21 heavy (non-hydrogen) atoms. The maximum Gasteiger partial charge on any atom is 0.223 e. The zero-order valence-electron chi connectivity index (χ0n) is 14.0. The van der Waals surface area contributed by atoms with Crippen LogP contribution in [-0.2, 0) is 4.79 Å². The third-order valence-corrected chi connectivity index (χ3v) is 5.08. The highest BCUT2D eigenvalue weighted by Gasteiger charge is 2.33. The fourth-order valence-electron chi connectivity index (χ4n) is 3.66. The van der Waals surface area contributed by atoms with Gasteiger partial charge in [-0.3, -0.25) is 9.69 Å². The van der Waals surface area contributed by atoms with Gasteiger partial charge in [0.05, 0.1) is 12.0 Å². The van der Waals surface area contributed by atoms with Gasteiger partial charge in [-0.1, -0.05) is 19.3 Å². The molecule has 2 fully saturated rings. The van der Waals surface area contributed by atoms with Gasteiger partial charge in [-0.15, -0.1) is 0 Å². The number of nitrogens with zero attached hydrogens (tertiary/aromatic N) is 1. The van der Waals surface area contributed by atoms with Gasteiger partial charge >= 0.3 is 0 Å². The maximum atomic E-state index is 12.2. The number of hydrogen-bond acceptors (Lipinski definition) is 3. The van der Waals surface area contributed by atoms with Gasteiger partial charge in [-0.05, 0) is 46.5 Å². The molecule has 2 rings (SSSR count). The molecule has 0 spiro atoms. The van der Waals surface area contributed by atoms with Crippen molar-refractivity contribution in [2.24, 2.45) is 0 Å². The lowest BCUT2D eigenvalue weighted by Crippen LogP contribution is -2.51.